The van der Waals surface area contributed by atoms with Crippen LogP contribution in [0.2, 0.25) is 18.1 Å². The largest absolute Gasteiger partial charge is 0.412 e. The van der Waals surface area contributed by atoms with E-state index in [0.717, 1.165) is 0 Å². The molecule has 3 heteroatoms. The van der Waals surface area contributed by atoms with E-state index in [1.807, 2.05) is 0 Å². The summed E-state index contributed by atoms with van der Waals surface area (Å²) in [5.74, 6) is 3.86. The summed E-state index contributed by atoms with van der Waals surface area (Å²) in [6, 6.07) is 10.6. The predicted octanol–water partition coefficient (Wildman–Crippen LogP) is 6.21. The Kier molecular flexibility index (Phi) is 7.16. The molecule has 1 aromatic carbocycles. The van der Waals surface area contributed by atoms with E-state index >= 15 is 0 Å². The number of halogens is 1. The second-order valence-corrected chi connectivity index (χ2v) is 12.9. The first-order valence-corrected chi connectivity index (χ1v) is 11.9. The van der Waals surface area contributed by atoms with E-state index in [1.165, 1.54) is 5.56 Å². The Bertz CT molecular complexity index is 522. The van der Waals surface area contributed by atoms with Gasteiger partial charge in [-0.2, -0.15) is 0 Å². The fourth-order valence-corrected chi connectivity index (χ4v) is 4.20. The fraction of sp³-hybridized carbons (Fsp3) is 0.579. The monoisotopic (exact) mass is 428 g/mol. The minimum absolute atomic E-state index is 0.130. The lowest BCUT2D eigenvalue weighted by Gasteiger charge is -2.42. The van der Waals surface area contributed by atoms with Crippen molar-refractivity contribution in [1.82, 2.24) is 0 Å². The molecular formula is C19H29IOSi. The van der Waals surface area contributed by atoms with Crippen molar-refractivity contribution >= 4 is 30.9 Å². The topological polar surface area (TPSA) is 9.23 Å². The molecule has 0 aliphatic heterocycles. The molecule has 1 rings (SSSR count). The van der Waals surface area contributed by atoms with Crippen LogP contribution in [0.25, 0.3) is 0 Å². The van der Waals surface area contributed by atoms with Gasteiger partial charge in [-0.1, -0.05) is 63.9 Å². The van der Waals surface area contributed by atoms with Gasteiger partial charge in [0.25, 0.3) is 0 Å². The van der Waals surface area contributed by atoms with Crippen molar-refractivity contribution in [3.8, 4) is 9.85 Å². The lowest BCUT2D eigenvalue weighted by molar-refractivity contribution is 0.126. The first-order valence-electron chi connectivity index (χ1n) is 7.94. The van der Waals surface area contributed by atoms with E-state index in [9.17, 15) is 0 Å². The second kappa shape index (κ2) is 7.99. The fourth-order valence-electron chi connectivity index (χ4n) is 2.27. The quantitative estimate of drug-likeness (QED) is 0.308. The molecule has 0 saturated heterocycles. The standard InChI is InChI=1S/C19H29IOSi/c1-15(13-14-20)18(21-22(6,7)19(3,4)5)16(2)17-11-9-8-10-12-17/h8-12,15-16,18H,1-7H3/t15-,16+,18-/m1/s1. The molecule has 0 amide bonds. The van der Waals surface area contributed by atoms with Crippen molar-refractivity contribution in [2.75, 3.05) is 0 Å². The van der Waals surface area contributed by atoms with Crippen LogP contribution in [0.3, 0.4) is 0 Å². The van der Waals surface area contributed by atoms with Gasteiger partial charge in [-0.3, -0.25) is 0 Å². The van der Waals surface area contributed by atoms with E-state index in [4.69, 9.17) is 4.43 Å². The highest BCUT2D eigenvalue weighted by Gasteiger charge is 2.41. The molecule has 22 heavy (non-hydrogen) atoms. The summed E-state index contributed by atoms with van der Waals surface area (Å²) in [6.07, 6.45) is 0.130. The van der Waals surface area contributed by atoms with Gasteiger partial charge in [0.2, 0.25) is 0 Å². The van der Waals surface area contributed by atoms with Gasteiger partial charge in [-0.15, -0.1) is 0 Å². The molecule has 0 radical (unpaired) electrons. The summed E-state index contributed by atoms with van der Waals surface area (Å²) in [7, 11) is -1.83. The highest BCUT2D eigenvalue weighted by molar-refractivity contribution is 14.1. The predicted molar refractivity (Wildman–Crippen MR) is 108 cm³/mol. The smallest absolute Gasteiger partial charge is 0.192 e. The number of benzene rings is 1. The van der Waals surface area contributed by atoms with Crippen molar-refractivity contribution < 1.29 is 4.43 Å². The van der Waals surface area contributed by atoms with Crippen LogP contribution in [0, 0.1) is 15.8 Å². The molecule has 1 aromatic rings. The van der Waals surface area contributed by atoms with Gasteiger partial charge in [0, 0.05) is 34.4 Å². The van der Waals surface area contributed by atoms with Crippen molar-refractivity contribution in [3.63, 3.8) is 0 Å². The Hall–Kier alpha value is -0.313. The number of hydrogen-bond donors (Lipinski definition) is 0. The average molecular weight is 428 g/mol. The molecule has 1 nitrogen and oxygen atoms in total. The van der Waals surface area contributed by atoms with Crippen LogP contribution < -0.4 is 0 Å². The molecule has 0 aliphatic rings. The maximum Gasteiger partial charge on any atom is 0.192 e. The molecule has 0 fully saturated rings. The molecule has 0 heterocycles. The van der Waals surface area contributed by atoms with E-state index in [0.29, 0.717) is 5.92 Å². The number of rotatable bonds is 5. The summed E-state index contributed by atoms with van der Waals surface area (Å²) in [6.45, 7) is 16.0. The molecule has 0 aliphatic carbocycles. The maximum atomic E-state index is 6.77. The Morgan fingerprint density at radius 3 is 2.09 bits per heavy atom. The summed E-state index contributed by atoms with van der Waals surface area (Å²) in [4.78, 5) is 0. The van der Waals surface area contributed by atoms with Gasteiger partial charge in [-0.25, -0.2) is 0 Å². The Morgan fingerprint density at radius 1 is 1.09 bits per heavy atom. The van der Waals surface area contributed by atoms with Crippen molar-refractivity contribution in [2.24, 2.45) is 5.92 Å². The van der Waals surface area contributed by atoms with Crippen LogP contribution in [-0.2, 0) is 4.43 Å². The van der Waals surface area contributed by atoms with Crippen LogP contribution in [0.1, 0.15) is 46.1 Å². The number of hydrogen-bond acceptors (Lipinski definition) is 1. The first kappa shape index (κ1) is 19.7. The molecular weight excluding hydrogens is 399 g/mol. The zero-order chi connectivity index (χ0) is 17.0. The molecule has 0 spiro atoms. The summed E-state index contributed by atoms with van der Waals surface area (Å²) < 4.78 is 9.80. The van der Waals surface area contributed by atoms with Crippen LogP contribution in [0.4, 0.5) is 0 Å². The Labute approximate surface area is 151 Å². The SMILES string of the molecule is C[C@H](C#CI)[C@@H](O[Si](C)(C)C(C)(C)C)[C@@H](C)c1ccccc1. The van der Waals surface area contributed by atoms with Gasteiger partial charge >= 0.3 is 0 Å². The molecule has 0 unspecified atom stereocenters. The van der Waals surface area contributed by atoms with Gasteiger partial charge in [0.15, 0.2) is 8.32 Å². The van der Waals surface area contributed by atoms with Gasteiger partial charge in [0.1, 0.15) is 0 Å². The van der Waals surface area contributed by atoms with Crippen LogP contribution in [-0.4, -0.2) is 14.4 Å². The summed E-state index contributed by atoms with van der Waals surface area (Å²) in [5.41, 5.74) is 1.33. The minimum atomic E-state index is -1.83. The van der Waals surface area contributed by atoms with Gasteiger partial charge in [0.05, 0.1) is 6.10 Å². The van der Waals surface area contributed by atoms with Crippen molar-refractivity contribution in [3.05, 3.63) is 35.9 Å². The van der Waals surface area contributed by atoms with Gasteiger partial charge in [-0.05, 0) is 34.5 Å². The molecule has 0 aromatic heterocycles. The van der Waals surface area contributed by atoms with E-state index in [-0.39, 0.29) is 17.1 Å². The summed E-state index contributed by atoms with van der Waals surface area (Å²) in [5, 5.41) is 0.207. The lowest BCUT2D eigenvalue weighted by Crippen LogP contribution is -2.46. The average Bonchev–Trinajstić information content (AvgIpc) is 2.44. The van der Waals surface area contributed by atoms with Crippen LogP contribution >= 0.6 is 22.6 Å². The molecule has 122 valence electrons. The lowest BCUT2D eigenvalue weighted by atomic mass is 9.88. The zero-order valence-corrected chi connectivity index (χ0v) is 18.1. The third-order valence-electron chi connectivity index (χ3n) is 4.83. The third kappa shape index (κ3) is 5.11. The maximum absolute atomic E-state index is 6.77. The Balaban J connectivity index is 3.11. The van der Waals surface area contributed by atoms with Crippen molar-refractivity contribution in [2.45, 2.75) is 64.8 Å². The van der Waals surface area contributed by atoms with Crippen LogP contribution in [0.5, 0.6) is 0 Å². The minimum Gasteiger partial charge on any atom is -0.412 e. The van der Waals surface area contributed by atoms with Crippen LogP contribution in [0.15, 0.2) is 30.3 Å². The second-order valence-electron chi connectivity index (χ2n) is 7.57. The molecule has 0 bridgehead atoms. The Morgan fingerprint density at radius 2 is 1.64 bits per heavy atom. The highest BCUT2D eigenvalue weighted by Crippen LogP contribution is 2.40. The molecule has 0 saturated carbocycles. The van der Waals surface area contributed by atoms with E-state index in [1.54, 1.807) is 0 Å². The van der Waals surface area contributed by atoms with Gasteiger partial charge < -0.3 is 4.43 Å². The van der Waals surface area contributed by atoms with E-state index in [2.05, 4.69) is 110 Å². The zero-order valence-electron chi connectivity index (χ0n) is 14.9. The summed E-state index contributed by atoms with van der Waals surface area (Å²) >= 11 is 2.12. The normalized spacial score (nSPS) is 16.4. The van der Waals surface area contributed by atoms with Crippen molar-refractivity contribution in [1.29, 1.82) is 0 Å². The molecule has 3 atom stereocenters. The van der Waals surface area contributed by atoms with E-state index < -0.39 is 8.32 Å². The first-order chi connectivity index (χ1) is 10.1. The third-order valence-corrected chi connectivity index (χ3v) is 9.62. The highest BCUT2D eigenvalue weighted by atomic mass is 127. The molecule has 0 N–H and O–H groups in total.